The van der Waals surface area contributed by atoms with Gasteiger partial charge < -0.3 is 10.2 Å². The number of benzene rings is 2. The fourth-order valence-corrected chi connectivity index (χ4v) is 4.39. The van der Waals surface area contributed by atoms with Crippen molar-refractivity contribution in [3.05, 3.63) is 64.7 Å². The molecule has 0 bridgehead atoms. The summed E-state index contributed by atoms with van der Waals surface area (Å²) >= 11 is 0. The van der Waals surface area contributed by atoms with Gasteiger partial charge in [-0.3, -0.25) is 9.59 Å². The van der Waals surface area contributed by atoms with Gasteiger partial charge in [0.1, 0.15) is 6.04 Å². The molecular formula is C27H36N2O2. The van der Waals surface area contributed by atoms with Crippen LogP contribution in [0.2, 0.25) is 0 Å². The number of carbonyl (C=O) groups excluding carboxylic acids is 2. The van der Waals surface area contributed by atoms with E-state index >= 15 is 0 Å². The second kappa shape index (κ2) is 8.86. The van der Waals surface area contributed by atoms with Crippen LogP contribution in [-0.2, 0) is 16.0 Å². The largest absolute Gasteiger partial charge is 0.326 e. The van der Waals surface area contributed by atoms with E-state index in [9.17, 15) is 9.59 Å². The van der Waals surface area contributed by atoms with Crippen molar-refractivity contribution in [3.63, 3.8) is 0 Å². The molecule has 1 atom stereocenters. The van der Waals surface area contributed by atoms with Crippen molar-refractivity contribution < 1.29 is 9.59 Å². The number of amides is 2. The highest BCUT2D eigenvalue weighted by Gasteiger charge is 2.40. The molecule has 1 aliphatic heterocycles. The van der Waals surface area contributed by atoms with Crippen molar-refractivity contribution in [2.75, 3.05) is 11.9 Å². The van der Waals surface area contributed by atoms with Gasteiger partial charge in [-0.05, 0) is 40.5 Å². The van der Waals surface area contributed by atoms with Crippen LogP contribution in [0.1, 0.15) is 88.6 Å². The summed E-state index contributed by atoms with van der Waals surface area (Å²) in [5, 5.41) is 3.26. The maximum Gasteiger partial charge on any atom is 0.251 e. The Hall–Kier alpha value is -2.62. The van der Waals surface area contributed by atoms with Gasteiger partial charge in [0.05, 0.1) is 0 Å². The summed E-state index contributed by atoms with van der Waals surface area (Å²) in [6.07, 6.45) is 0.765. The third-order valence-corrected chi connectivity index (χ3v) is 6.06. The van der Waals surface area contributed by atoms with E-state index in [2.05, 4.69) is 57.3 Å². The first-order chi connectivity index (χ1) is 14.5. The molecule has 1 N–H and O–H groups in total. The summed E-state index contributed by atoms with van der Waals surface area (Å²) in [5.41, 5.74) is 4.65. The average molecular weight is 421 g/mol. The number of rotatable bonds is 4. The van der Waals surface area contributed by atoms with Crippen molar-refractivity contribution >= 4 is 17.5 Å². The fourth-order valence-electron chi connectivity index (χ4n) is 4.39. The van der Waals surface area contributed by atoms with Crippen LogP contribution in [0, 0.1) is 5.41 Å². The number of hydrogen-bond acceptors (Lipinski definition) is 2. The minimum atomic E-state index is -0.628. The summed E-state index contributed by atoms with van der Waals surface area (Å²) in [6.45, 7) is 14.8. The summed E-state index contributed by atoms with van der Waals surface area (Å²) in [5.74, 6) is 0.419. The van der Waals surface area contributed by atoms with E-state index in [1.807, 2.05) is 39.0 Å². The zero-order chi connectivity index (χ0) is 22.9. The van der Waals surface area contributed by atoms with Crippen molar-refractivity contribution in [2.24, 2.45) is 5.41 Å². The number of anilines is 1. The molecule has 2 amide bonds. The van der Waals surface area contributed by atoms with Gasteiger partial charge in [0.25, 0.3) is 5.91 Å². The van der Waals surface area contributed by atoms with Crippen LogP contribution in [-0.4, -0.2) is 23.3 Å². The second-order valence-corrected chi connectivity index (χ2v) is 10.2. The summed E-state index contributed by atoms with van der Waals surface area (Å²) in [6, 6.07) is 13.6. The molecular weight excluding hydrogens is 384 g/mol. The number of nitrogens with zero attached hydrogens (tertiary/aromatic N) is 1. The molecule has 31 heavy (non-hydrogen) atoms. The SMILES string of the molecule is CC(C)c1cccc(C(C)C)c1NC(=O)C1c2ccccc2CCN1C(=O)C(C)(C)C. The summed E-state index contributed by atoms with van der Waals surface area (Å²) in [7, 11) is 0. The van der Waals surface area contributed by atoms with E-state index in [1.165, 1.54) is 0 Å². The van der Waals surface area contributed by atoms with Gasteiger partial charge in [-0.2, -0.15) is 0 Å². The van der Waals surface area contributed by atoms with E-state index in [4.69, 9.17) is 0 Å². The van der Waals surface area contributed by atoms with Crippen LogP contribution in [0.3, 0.4) is 0 Å². The Morgan fingerprint density at radius 3 is 2.06 bits per heavy atom. The Morgan fingerprint density at radius 1 is 0.935 bits per heavy atom. The quantitative estimate of drug-likeness (QED) is 0.655. The lowest BCUT2D eigenvalue weighted by Crippen LogP contribution is -2.49. The maximum absolute atomic E-state index is 13.8. The number of nitrogens with one attached hydrogen (secondary N) is 1. The molecule has 0 aromatic heterocycles. The van der Waals surface area contributed by atoms with Crippen LogP contribution >= 0.6 is 0 Å². The van der Waals surface area contributed by atoms with Gasteiger partial charge in [0.15, 0.2) is 0 Å². The average Bonchev–Trinajstić information content (AvgIpc) is 2.71. The molecule has 166 valence electrons. The van der Waals surface area contributed by atoms with Crippen molar-refractivity contribution in [3.8, 4) is 0 Å². The molecule has 1 aliphatic rings. The zero-order valence-electron chi connectivity index (χ0n) is 20.0. The highest BCUT2D eigenvalue weighted by atomic mass is 16.2. The lowest BCUT2D eigenvalue weighted by molar-refractivity contribution is -0.146. The number of para-hydroxylation sites is 1. The van der Waals surface area contributed by atoms with Crippen molar-refractivity contribution in [1.29, 1.82) is 0 Å². The molecule has 4 heteroatoms. The first-order valence-corrected chi connectivity index (χ1v) is 11.3. The normalized spacial score (nSPS) is 16.4. The highest BCUT2D eigenvalue weighted by Crippen LogP contribution is 2.37. The zero-order valence-corrected chi connectivity index (χ0v) is 20.0. The monoisotopic (exact) mass is 420 g/mol. The number of carbonyl (C=O) groups is 2. The van der Waals surface area contributed by atoms with Gasteiger partial charge in [-0.15, -0.1) is 0 Å². The predicted molar refractivity (Wildman–Crippen MR) is 127 cm³/mol. The Morgan fingerprint density at radius 2 is 1.52 bits per heavy atom. The first-order valence-electron chi connectivity index (χ1n) is 11.3. The topological polar surface area (TPSA) is 49.4 Å². The van der Waals surface area contributed by atoms with Crippen LogP contribution in [0.5, 0.6) is 0 Å². The molecule has 1 heterocycles. The smallest absolute Gasteiger partial charge is 0.251 e. The van der Waals surface area contributed by atoms with Crippen molar-refractivity contribution in [2.45, 2.75) is 72.8 Å². The molecule has 0 saturated carbocycles. The lowest BCUT2D eigenvalue weighted by Gasteiger charge is -2.39. The summed E-state index contributed by atoms with van der Waals surface area (Å²) < 4.78 is 0. The Kier molecular flexibility index (Phi) is 6.59. The predicted octanol–water partition coefficient (Wildman–Crippen LogP) is 6.04. The Labute approximate surface area is 187 Å². The molecule has 4 nitrogen and oxygen atoms in total. The third kappa shape index (κ3) is 4.68. The standard InChI is InChI=1S/C27H36N2O2/c1-17(2)20-13-10-14-21(18(3)4)23(20)28-25(30)24-22-12-9-8-11-19(22)15-16-29(24)26(31)27(5,6)7/h8-14,17-18,24H,15-16H2,1-7H3,(H,28,30). The molecule has 0 radical (unpaired) electrons. The van der Waals surface area contributed by atoms with Crippen molar-refractivity contribution in [1.82, 2.24) is 4.90 Å². The van der Waals surface area contributed by atoms with Crippen LogP contribution in [0.4, 0.5) is 5.69 Å². The van der Waals surface area contributed by atoms with Gasteiger partial charge in [-0.1, -0.05) is 90.9 Å². The molecule has 0 saturated heterocycles. The minimum Gasteiger partial charge on any atom is -0.326 e. The second-order valence-electron chi connectivity index (χ2n) is 10.2. The molecule has 1 unspecified atom stereocenters. The van der Waals surface area contributed by atoms with E-state index < -0.39 is 11.5 Å². The van der Waals surface area contributed by atoms with Crippen LogP contribution in [0.25, 0.3) is 0 Å². The Bertz CT molecular complexity index is 943. The van der Waals surface area contributed by atoms with E-state index in [0.717, 1.165) is 34.4 Å². The van der Waals surface area contributed by atoms with Gasteiger partial charge in [0.2, 0.25) is 5.91 Å². The fraction of sp³-hybridized carbons (Fsp3) is 0.481. The number of hydrogen-bond donors (Lipinski definition) is 1. The third-order valence-electron chi connectivity index (χ3n) is 6.06. The molecule has 0 spiro atoms. The van der Waals surface area contributed by atoms with Crippen LogP contribution in [0.15, 0.2) is 42.5 Å². The lowest BCUT2D eigenvalue weighted by atomic mass is 9.87. The van der Waals surface area contributed by atoms with E-state index in [1.54, 1.807) is 4.90 Å². The Balaban J connectivity index is 2.07. The molecule has 3 rings (SSSR count). The maximum atomic E-state index is 13.8. The summed E-state index contributed by atoms with van der Waals surface area (Å²) in [4.78, 5) is 28.9. The number of fused-ring (bicyclic) bond motifs is 1. The van der Waals surface area contributed by atoms with E-state index in [0.29, 0.717) is 6.54 Å². The molecule has 0 fully saturated rings. The van der Waals surface area contributed by atoms with Gasteiger partial charge in [0, 0.05) is 17.6 Å². The van der Waals surface area contributed by atoms with E-state index in [-0.39, 0.29) is 23.7 Å². The van der Waals surface area contributed by atoms with Gasteiger partial charge in [-0.25, -0.2) is 0 Å². The molecule has 0 aliphatic carbocycles. The minimum absolute atomic E-state index is 0.00313. The van der Waals surface area contributed by atoms with Gasteiger partial charge >= 0.3 is 0 Å². The first kappa shape index (κ1) is 23.1. The molecule has 2 aromatic carbocycles. The van der Waals surface area contributed by atoms with Crippen LogP contribution < -0.4 is 5.32 Å². The molecule has 2 aromatic rings. The highest BCUT2D eigenvalue weighted by molar-refractivity contribution is 6.00.